The molecule has 1 heterocycles. The summed E-state index contributed by atoms with van der Waals surface area (Å²) in [5, 5.41) is 0.475. The van der Waals surface area contributed by atoms with Gasteiger partial charge in [-0.2, -0.15) is 0 Å². The quantitative estimate of drug-likeness (QED) is 0.640. The molecule has 0 amide bonds. The van der Waals surface area contributed by atoms with Gasteiger partial charge in [0, 0.05) is 20.6 Å². The van der Waals surface area contributed by atoms with E-state index in [1.807, 2.05) is 38.4 Å². The molecule has 2 rings (SSSR count). The summed E-state index contributed by atoms with van der Waals surface area (Å²) in [6, 6.07) is 7.83. The number of aryl methyl sites for hydroxylation is 1. The van der Waals surface area contributed by atoms with Crippen LogP contribution in [0.2, 0.25) is 0 Å². The van der Waals surface area contributed by atoms with Gasteiger partial charge in [0.05, 0.1) is 16.8 Å². The molecule has 0 aliphatic rings. The second-order valence-electron chi connectivity index (χ2n) is 4.35. The van der Waals surface area contributed by atoms with Crippen LogP contribution in [0, 0.1) is 0 Å². The number of ether oxygens (including phenoxy) is 1. The molecular formula is C13H16N2O2S2. The Morgan fingerprint density at radius 1 is 1.42 bits per heavy atom. The number of thiocarbonyl (C=S) groups is 1. The van der Waals surface area contributed by atoms with Crippen LogP contribution in [0.4, 0.5) is 0 Å². The van der Waals surface area contributed by atoms with E-state index in [2.05, 4.69) is 0 Å². The molecule has 0 saturated carbocycles. The zero-order valence-corrected chi connectivity index (χ0v) is 12.6. The molecule has 0 atom stereocenters. The number of thiazole rings is 1. The third-order valence-corrected chi connectivity index (χ3v) is 4.13. The smallest absolute Gasteiger partial charge is 0.308 e. The predicted molar refractivity (Wildman–Crippen MR) is 82.9 cm³/mol. The summed E-state index contributed by atoms with van der Waals surface area (Å²) < 4.78 is 8.22. The minimum absolute atomic E-state index is 0.0800. The number of para-hydroxylation sites is 1. The lowest BCUT2D eigenvalue weighted by Gasteiger charge is -2.14. The van der Waals surface area contributed by atoms with Gasteiger partial charge in [-0.25, -0.2) is 0 Å². The van der Waals surface area contributed by atoms with Gasteiger partial charge in [-0.3, -0.25) is 9.36 Å². The molecule has 2 aromatic rings. The van der Waals surface area contributed by atoms with E-state index in [-0.39, 0.29) is 4.87 Å². The standard InChI is InChI=1S/C13H16N2O2S2/c1-14(2)13(18)17-9-5-8-15-10-6-3-4-7-11(10)19-12(15)16/h3-4,6-7H,5,8-9H2,1-2H3. The van der Waals surface area contributed by atoms with Crippen molar-refractivity contribution in [2.24, 2.45) is 0 Å². The van der Waals surface area contributed by atoms with Crippen LogP contribution in [0.25, 0.3) is 10.2 Å². The number of rotatable bonds is 4. The van der Waals surface area contributed by atoms with Gasteiger partial charge in [0.15, 0.2) is 0 Å². The highest BCUT2D eigenvalue weighted by Gasteiger charge is 2.06. The highest BCUT2D eigenvalue weighted by atomic mass is 32.1. The van der Waals surface area contributed by atoms with E-state index in [0.717, 1.165) is 16.6 Å². The Kier molecular flexibility index (Phi) is 4.55. The monoisotopic (exact) mass is 296 g/mol. The van der Waals surface area contributed by atoms with E-state index >= 15 is 0 Å². The highest BCUT2D eigenvalue weighted by Crippen LogP contribution is 2.16. The van der Waals surface area contributed by atoms with Crippen LogP contribution in [0.15, 0.2) is 29.1 Å². The van der Waals surface area contributed by atoms with Gasteiger partial charge in [-0.1, -0.05) is 23.5 Å². The SMILES string of the molecule is CN(C)C(=S)OCCCn1c(=O)sc2ccccc21. The first-order valence-corrected chi connectivity index (χ1v) is 7.24. The first kappa shape index (κ1) is 14.0. The fourth-order valence-electron chi connectivity index (χ4n) is 1.74. The molecule has 0 fully saturated rings. The van der Waals surface area contributed by atoms with Crippen LogP contribution in [0.3, 0.4) is 0 Å². The van der Waals surface area contributed by atoms with Crippen molar-refractivity contribution >= 4 is 38.9 Å². The van der Waals surface area contributed by atoms with Crippen molar-refractivity contribution in [2.45, 2.75) is 13.0 Å². The fourth-order valence-corrected chi connectivity index (χ4v) is 2.74. The Morgan fingerprint density at radius 2 is 2.16 bits per heavy atom. The summed E-state index contributed by atoms with van der Waals surface area (Å²) in [5.41, 5.74) is 0.993. The Hall–Kier alpha value is -1.40. The van der Waals surface area contributed by atoms with Crippen molar-refractivity contribution < 1.29 is 4.74 Å². The molecule has 0 bridgehead atoms. The topological polar surface area (TPSA) is 34.5 Å². The van der Waals surface area contributed by atoms with E-state index in [1.165, 1.54) is 11.3 Å². The average Bonchev–Trinajstić information content (AvgIpc) is 2.70. The summed E-state index contributed by atoms with van der Waals surface area (Å²) in [5.74, 6) is 0. The maximum atomic E-state index is 11.9. The largest absolute Gasteiger partial charge is 0.471 e. The summed E-state index contributed by atoms with van der Waals surface area (Å²) in [7, 11) is 3.69. The fraction of sp³-hybridized carbons (Fsp3) is 0.385. The van der Waals surface area contributed by atoms with Crippen molar-refractivity contribution in [2.75, 3.05) is 20.7 Å². The molecular weight excluding hydrogens is 280 g/mol. The van der Waals surface area contributed by atoms with Crippen molar-refractivity contribution in [3.05, 3.63) is 33.9 Å². The number of hydrogen-bond acceptors (Lipinski definition) is 4. The van der Waals surface area contributed by atoms with E-state index in [4.69, 9.17) is 17.0 Å². The molecule has 0 saturated heterocycles. The van der Waals surface area contributed by atoms with Crippen LogP contribution >= 0.6 is 23.6 Å². The van der Waals surface area contributed by atoms with Crippen molar-refractivity contribution in [3.63, 3.8) is 0 Å². The molecule has 6 heteroatoms. The lowest BCUT2D eigenvalue weighted by molar-refractivity contribution is 0.258. The molecule has 4 nitrogen and oxygen atoms in total. The Morgan fingerprint density at radius 3 is 2.89 bits per heavy atom. The minimum Gasteiger partial charge on any atom is -0.471 e. The molecule has 0 spiro atoms. The average molecular weight is 296 g/mol. The molecule has 0 aliphatic heterocycles. The third kappa shape index (κ3) is 3.33. The second-order valence-corrected chi connectivity index (χ2v) is 5.69. The maximum absolute atomic E-state index is 11.9. The Labute approximate surface area is 121 Å². The van der Waals surface area contributed by atoms with E-state index in [0.29, 0.717) is 18.3 Å². The van der Waals surface area contributed by atoms with Crippen LogP contribution in [0.1, 0.15) is 6.42 Å². The van der Waals surface area contributed by atoms with Gasteiger partial charge in [-0.05, 0) is 30.8 Å². The first-order valence-electron chi connectivity index (χ1n) is 6.02. The molecule has 1 aromatic carbocycles. The lowest BCUT2D eigenvalue weighted by Crippen LogP contribution is -2.23. The summed E-state index contributed by atoms with van der Waals surface area (Å²) in [6.45, 7) is 1.17. The van der Waals surface area contributed by atoms with Crippen molar-refractivity contribution in [3.8, 4) is 0 Å². The maximum Gasteiger partial charge on any atom is 0.308 e. The minimum atomic E-state index is 0.0800. The molecule has 102 valence electrons. The molecule has 19 heavy (non-hydrogen) atoms. The van der Waals surface area contributed by atoms with Gasteiger partial charge in [0.1, 0.15) is 0 Å². The zero-order valence-electron chi connectivity index (χ0n) is 11.0. The first-order chi connectivity index (χ1) is 9.09. The second kappa shape index (κ2) is 6.16. The van der Waals surface area contributed by atoms with E-state index < -0.39 is 0 Å². The van der Waals surface area contributed by atoms with Gasteiger partial charge in [-0.15, -0.1) is 0 Å². The number of fused-ring (bicyclic) bond motifs is 1. The van der Waals surface area contributed by atoms with Gasteiger partial charge >= 0.3 is 4.87 Å². The number of nitrogens with zero attached hydrogens (tertiary/aromatic N) is 2. The summed E-state index contributed by atoms with van der Waals surface area (Å²) in [6.07, 6.45) is 0.759. The van der Waals surface area contributed by atoms with Gasteiger partial charge in [0.2, 0.25) is 0 Å². The molecule has 0 unspecified atom stereocenters. The van der Waals surface area contributed by atoms with E-state index in [1.54, 1.807) is 9.47 Å². The summed E-state index contributed by atoms with van der Waals surface area (Å²) >= 11 is 6.31. The van der Waals surface area contributed by atoms with Crippen molar-refractivity contribution in [1.82, 2.24) is 9.47 Å². The molecule has 0 N–H and O–H groups in total. The predicted octanol–water partition coefficient (Wildman–Crippen LogP) is 2.32. The Bertz CT molecular complexity index is 631. The van der Waals surface area contributed by atoms with Gasteiger partial charge in [0.25, 0.3) is 5.17 Å². The van der Waals surface area contributed by atoms with Gasteiger partial charge < -0.3 is 9.64 Å². The molecule has 0 radical (unpaired) electrons. The normalized spacial score (nSPS) is 10.6. The van der Waals surface area contributed by atoms with Crippen LogP contribution < -0.4 is 4.87 Å². The summed E-state index contributed by atoms with van der Waals surface area (Å²) in [4.78, 5) is 13.7. The molecule has 1 aromatic heterocycles. The van der Waals surface area contributed by atoms with Crippen LogP contribution in [-0.2, 0) is 11.3 Å². The number of aromatic nitrogens is 1. The number of benzene rings is 1. The van der Waals surface area contributed by atoms with E-state index in [9.17, 15) is 4.79 Å². The number of hydrogen-bond donors (Lipinski definition) is 0. The van der Waals surface area contributed by atoms with Crippen LogP contribution in [-0.4, -0.2) is 35.3 Å². The zero-order chi connectivity index (χ0) is 13.8. The molecule has 0 aliphatic carbocycles. The Balaban J connectivity index is 1.97. The van der Waals surface area contributed by atoms with Crippen LogP contribution in [0.5, 0.6) is 0 Å². The third-order valence-electron chi connectivity index (χ3n) is 2.69. The van der Waals surface area contributed by atoms with Crippen molar-refractivity contribution in [1.29, 1.82) is 0 Å². The lowest BCUT2D eigenvalue weighted by atomic mass is 10.3. The highest BCUT2D eigenvalue weighted by molar-refractivity contribution is 7.80.